The Bertz CT molecular complexity index is 861. The van der Waals surface area contributed by atoms with E-state index in [1.54, 1.807) is 0 Å². The molecule has 0 amide bonds. The van der Waals surface area contributed by atoms with Gasteiger partial charge in [0.25, 0.3) is 0 Å². The lowest BCUT2D eigenvalue weighted by Gasteiger charge is -2.34. The lowest BCUT2D eigenvalue weighted by Crippen LogP contribution is -2.45. The Labute approximate surface area is 284 Å². The third-order valence-corrected chi connectivity index (χ3v) is 13.6. The highest BCUT2D eigenvalue weighted by molar-refractivity contribution is 6.66. The maximum absolute atomic E-state index is 10.4. The average molecular weight is 714 g/mol. The minimum absolute atomic E-state index is 0.205. The van der Waals surface area contributed by atoms with Crippen molar-refractivity contribution >= 4 is 87.2 Å². The Balaban J connectivity index is 0.000000300. The Morgan fingerprint density at radius 1 is 0.659 bits per heavy atom. The molecule has 3 rings (SSSR count). The van der Waals surface area contributed by atoms with Gasteiger partial charge in [0.05, 0.1) is 15.4 Å². The number of aliphatic carboxylic acids is 1. The molecule has 0 aromatic heterocycles. The zero-order valence-corrected chi connectivity index (χ0v) is 29.8. The average Bonchev–Trinajstić information content (AvgIpc) is 3.42. The first kappa shape index (κ1) is 38.2. The van der Waals surface area contributed by atoms with Crippen LogP contribution in [-0.2, 0) is 4.79 Å². The summed E-state index contributed by atoms with van der Waals surface area (Å²) in [6.07, 6.45) is 29.8. The summed E-state index contributed by atoms with van der Waals surface area (Å²) in [5.41, 5.74) is 0. The Hall–Kier alpha value is 0.980. The zero-order chi connectivity index (χ0) is 30.5. The van der Waals surface area contributed by atoms with Crippen molar-refractivity contribution in [2.45, 2.75) is 155 Å². The largest absolute Gasteiger partial charge is 0.481 e. The van der Waals surface area contributed by atoms with Gasteiger partial charge >= 0.3 is 5.97 Å². The molecular weight excluding hydrogens is 665 g/mol. The van der Waals surface area contributed by atoms with Crippen LogP contribution in [0, 0.1) is 11.8 Å². The molecule has 0 aromatic rings. The third-order valence-electron chi connectivity index (χ3n) is 8.89. The normalized spacial score (nSPS) is 29.1. The summed E-state index contributed by atoms with van der Waals surface area (Å²) in [4.78, 5) is 7.94. The van der Waals surface area contributed by atoms with Crippen molar-refractivity contribution in [3.05, 3.63) is 22.2 Å². The molecule has 0 aliphatic heterocycles. The van der Waals surface area contributed by atoms with Crippen molar-refractivity contribution in [1.82, 2.24) is 0 Å². The van der Waals surface area contributed by atoms with E-state index in [4.69, 9.17) is 86.3 Å². The number of allylic oxidation sites excluding steroid dienone is 4. The summed E-state index contributed by atoms with van der Waals surface area (Å²) in [5.74, 6) is -1.12. The minimum Gasteiger partial charge on any atom is -0.481 e. The number of fused-ring (bicyclic) bond motifs is 5. The minimum atomic E-state index is -1.48. The molecule has 3 aliphatic carbocycles. The van der Waals surface area contributed by atoms with E-state index in [1.165, 1.54) is 109 Å². The van der Waals surface area contributed by atoms with E-state index in [2.05, 4.69) is 6.92 Å². The molecule has 9 heteroatoms. The number of unbranched alkanes of at least 4 members (excludes halogenated alkanes) is 18. The van der Waals surface area contributed by atoms with Gasteiger partial charge in [-0.2, -0.15) is 0 Å². The fraction of sp³-hybridized carbons (Fsp3) is 0.844. The van der Waals surface area contributed by atoms with Gasteiger partial charge in [0.1, 0.15) is 9.75 Å². The van der Waals surface area contributed by atoms with E-state index >= 15 is 0 Å². The van der Waals surface area contributed by atoms with Gasteiger partial charge in [0.2, 0.25) is 0 Å². The van der Waals surface area contributed by atoms with Gasteiger partial charge in [0.15, 0.2) is 4.33 Å². The second-order valence-electron chi connectivity index (χ2n) is 12.0. The second kappa shape index (κ2) is 18.8. The van der Waals surface area contributed by atoms with E-state index in [1.807, 2.05) is 12.2 Å². The lowest BCUT2D eigenvalue weighted by atomic mass is 9.84. The highest BCUT2D eigenvalue weighted by atomic mass is 35.5. The van der Waals surface area contributed by atoms with Gasteiger partial charge in [0, 0.05) is 18.3 Å². The van der Waals surface area contributed by atoms with Crippen molar-refractivity contribution in [1.29, 1.82) is 0 Å². The quantitative estimate of drug-likeness (QED) is 0.0775. The van der Waals surface area contributed by atoms with Crippen LogP contribution >= 0.6 is 81.2 Å². The first-order chi connectivity index (χ1) is 19.5. The van der Waals surface area contributed by atoms with Crippen LogP contribution < -0.4 is 0 Å². The van der Waals surface area contributed by atoms with Crippen molar-refractivity contribution in [3.8, 4) is 0 Å². The molecule has 5 atom stereocenters. The van der Waals surface area contributed by atoms with Gasteiger partial charge < -0.3 is 5.11 Å². The van der Waals surface area contributed by atoms with Gasteiger partial charge in [-0.25, -0.2) is 0 Å². The molecular formula is C32H49Cl7O2. The SMILES string of the molecule is CCCCCCCCCCCCCCCCCCCCCC(=O)O.ClC1=C(Cl)C2(Cl)C3C(Cl)C=CC3C1(Cl)C2(Cl)Cl. The molecule has 2 bridgehead atoms. The Morgan fingerprint density at radius 3 is 1.41 bits per heavy atom. The van der Waals surface area contributed by atoms with E-state index in [-0.39, 0.29) is 27.3 Å². The summed E-state index contributed by atoms with van der Waals surface area (Å²) >= 11 is 44.5. The number of halogens is 7. The molecule has 41 heavy (non-hydrogen) atoms. The summed E-state index contributed by atoms with van der Waals surface area (Å²) in [6, 6.07) is 0. The topological polar surface area (TPSA) is 37.3 Å². The smallest absolute Gasteiger partial charge is 0.303 e. The van der Waals surface area contributed by atoms with Crippen LogP contribution in [0.4, 0.5) is 0 Å². The standard InChI is InChI=1S/C22H44O2.C10H5Cl7/c1-2-3-4-5-6-7-8-9-10-11-12-13-14-15-16-17-18-19-20-21-22(23)24;11-4-2-1-3-5(4)9(15)7(13)6(12)8(3,14)10(9,16)17/h2-21H2,1H3,(H,23,24);1-5H. The van der Waals surface area contributed by atoms with Crippen molar-refractivity contribution in [2.75, 3.05) is 0 Å². The van der Waals surface area contributed by atoms with Crippen molar-refractivity contribution < 1.29 is 9.90 Å². The predicted molar refractivity (Wildman–Crippen MR) is 182 cm³/mol. The number of carboxylic acid groups (broad SMARTS) is 1. The van der Waals surface area contributed by atoms with Crippen LogP contribution in [0.25, 0.3) is 0 Å². The Kier molecular flexibility index (Phi) is 17.5. The number of carbonyl (C=O) groups is 1. The van der Waals surface area contributed by atoms with Gasteiger partial charge in [-0.15, -0.1) is 34.8 Å². The molecule has 5 unspecified atom stereocenters. The molecule has 0 heterocycles. The molecule has 0 spiro atoms. The molecule has 0 saturated heterocycles. The second-order valence-corrected chi connectivity index (χ2v) is 15.8. The van der Waals surface area contributed by atoms with Crippen LogP contribution in [-0.4, -0.2) is 30.5 Å². The van der Waals surface area contributed by atoms with E-state index in [0.29, 0.717) is 6.42 Å². The van der Waals surface area contributed by atoms with Crippen molar-refractivity contribution in [3.63, 3.8) is 0 Å². The zero-order valence-electron chi connectivity index (χ0n) is 24.5. The molecule has 0 radical (unpaired) electrons. The lowest BCUT2D eigenvalue weighted by molar-refractivity contribution is -0.137. The van der Waals surface area contributed by atoms with Gasteiger partial charge in [-0.05, 0) is 6.42 Å². The summed E-state index contributed by atoms with van der Waals surface area (Å²) in [5, 5.41) is 8.67. The fourth-order valence-electron chi connectivity index (χ4n) is 6.44. The number of rotatable bonds is 20. The number of carboxylic acids is 1. The number of hydrogen-bond donors (Lipinski definition) is 1. The highest BCUT2D eigenvalue weighted by Crippen LogP contribution is 2.78. The third kappa shape index (κ3) is 9.50. The van der Waals surface area contributed by atoms with Crippen LogP contribution in [0.5, 0.6) is 0 Å². The molecule has 3 aliphatic rings. The fourth-order valence-corrected chi connectivity index (χ4v) is 9.95. The summed E-state index contributed by atoms with van der Waals surface area (Å²) in [6.45, 7) is 2.28. The maximum atomic E-state index is 10.4. The number of hydrogen-bond acceptors (Lipinski definition) is 1. The molecule has 238 valence electrons. The summed E-state index contributed by atoms with van der Waals surface area (Å²) < 4.78 is -1.48. The maximum Gasteiger partial charge on any atom is 0.303 e. The van der Waals surface area contributed by atoms with Crippen molar-refractivity contribution in [2.24, 2.45) is 11.8 Å². The molecule has 2 nitrogen and oxygen atoms in total. The van der Waals surface area contributed by atoms with Crippen LogP contribution in [0.2, 0.25) is 0 Å². The van der Waals surface area contributed by atoms with Crippen LogP contribution in [0.3, 0.4) is 0 Å². The monoisotopic (exact) mass is 710 g/mol. The Morgan fingerprint density at radius 2 is 1.02 bits per heavy atom. The highest BCUT2D eigenvalue weighted by Gasteiger charge is 2.83. The first-order valence-corrected chi connectivity index (χ1v) is 18.5. The molecule has 1 saturated carbocycles. The summed E-state index contributed by atoms with van der Waals surface area (Å²) in [7, 11) is 0. The van der Waals surface area contributed by atoms with Crippen LogP contribution in [0.1, 0.15) is 135 Å². The van der Waals surface area contributed by atoms with Crippen LogP contribution in [0.15, 0.2) is 22.2 Å². The van der Waals surface area contributed by atoms with E-state index in [9.17, 15) is 4.79 Å². The predicted octanol–water partition coefficient (Wildman–Crippen LogP) is 13.1. The molecule has 1 fully saturated rings. The van der Waals surface area contributed by atoms with Gasteiger partial charge in [-0.1, -0.05) is 181 Å². The van der Waals surface area contributed by atoms with E-state index < -0.39 is 20.1 Å². The first-order valence-electron chi connectivity index (χ1n) is 15.8. The van der Waals surface area contributed by atoms with E-state index in [0.717, 1.165) is 12.8 Å². The molecule has 1 N–H and O–H groups in total. The molecule has 0 aromatic carbocycles. The number of alkyl halides is 5. The van der Waals surface area contributed by atoms with Gasteiger partial charge in [-0.3, -0.25) is 4.79 Å².